The quantitative estimate of drug-likeness (QED) is 0.371. The molecule has 1 saturated heterocycles. The van der Waals surface area contributed by atoms with Gasteiger partial charge in [-0.25, -0.2) is 0 Å². The van der Waals surface area contributed by atoms with Gasteiger partial charge in [0.2, 0.25) is 0 Å². The van der Waals surface area contributed by atoms with Gasteiger partial charge in [-0.2, -0.15) is 0 Å². The summed E-state index contributed by atoms with van der Waals surface area (Å²) in [4.78, 5) is 40.4. The number of fused-ring (bicyclic) bond motifs is 1. The molecule has 2 atom stereocenters. The summed E-state index contributed by atoms with van der Waals surface area (Å²) in [5.41, 5.74) is 5.18. The summed E-state index contributed by atoms with van der Waals surface area (Å²) in [5, 5.41) is 28.5. The van der Waals surface area contributed by atoms with Gasteiger partial charge in [-0.3, -0.25) is 29.1 Å². The van der Waals surface area contributed by atoms with Crippen LogP contribution in [0.25, 0.3) is 0 Å². The molecule has 0 bridgehead atoms. The summed E-state index contributed by atoms with van der Waals surface area (Å²) in [6.07, 6.45) is 4.00. The fourth-order valence-corrected chi connectivity index (χ4v) is 5.24. The van der Waals surface area contributed by atoms with Gasteiger partial charge in [-0.15, -0.1) is 0 Å². The molecule has 166 valence electrons. The highest BCUT2D eigenvalue weighted by molar-refractivity contribution is 5.70. The second-order valence-corrected chi connectivity index (χ2v) is 8.19. The number of carbonyl (C=O) groups is 3. The van der Waals surface area contributed by atoms with Gasteiger partial charge in [0.1, 0.15) is 0 Å². The first-order chi connectivity index (χ1) is 13.7. The van der Waals surface area contributed by atoms with Crippen LogP contribution >= 0.6 is 0 Å². The van der Waals surface area contributed by atoms with Crippen LogP contribution in [-0.2, 0) is 14.4 Å². The zero-order chi connectivity index (χ0) is 21.6. The molecule has 1 saturated carbocycles. The van der Waals surface area contributed by atoms with Crippen molar-refractivity contribution in [3.63, 3.8) is 0 Å². The average molecular weight is 415 g/mol. The number of carboxylic acid groups (broad SMARTS) is 3. The Morgan fingerprint density at radius 2 is 1.45 bits per heavy atom. The summed E-state index contributed by atoms with van der Waals surface area (Å²) in [6.45, 7) is 2.81. The summed E-state index contributed by atoms with van der Waals surface area (Å²) < 4.78 is 0. The highest BCUT2D eigenvalue weighted by Gasteiger charge is 2.48. The van der Waals surface area contributed by atoms with Crippen molar-refractivity contribution in [2.45, 2.75) is 56.7 Å². The van der Waals surface area contributed by atoms with Crippen LogP contribution in [0.15, 0.2) is 0 Å². The largest absolute Gasteiger partial charge is 0.480 e. The summed E-state index contributed by atoms with van der Waals surface area (Å²) in [6, 6.07) is -0.134. The molecule has 2 fully saturated rings. The number of rotatable bonds is 10. The fraction of sp³-hybridized carbons (Fsp3) is 0.842. The Hall–Kier alpha value is -1.75. The SMILES string of the molecule is CCN(CC(=O)O)C1(CCN)CN(CC(=O)O)C2CCCCC2N(CC(=O)O)C1. The Balaban J connectivity index is 2.52. The monoisotopic (exact) mass is 414 g/mol. The minimum atomic E-state index is -0.973. The highest BCUT2D eigenvalue weighted by atomic mass is 16.4. The molecule has 0 amide bonds. The van der Waals surface area contributed by atoms with Crippen LogP contribution < -0.4 is 5.73 Å². The third-order valence-electron chi connectivity index (χ3n) is 6.29. The summed E-state index contributed by atoms with van der Waals surface area (Å²) in [7, 11) is 0. The number of carboxylic acids is 3. The van der Waals surface area contributed by atoms with E-state index in [2.05, 4.69) is 0 Å². The van der Waals surface area contributed by atoms with Crippen LogP contribution in [0.3, 0.4) is 0 Å². The van der Waals surface area contributed by atoms with Crippen molar-refractivity contribution in [1.82, 2.24) is 14.7 Å². The van der Waals surface area contributed by atoms with E-state index < -0.39 is 23.4 Å². The van der Waals surface area contributed by atoms with Gasteiger partial charge in [0.05, 0.1) is 19.6 Å². The molecule has 0 spiro atoms. The molecular formula is C19H34N4O6. The van der Waals surface area contributed by atoms with E-state index in [0.717, 1.165) is 25.7 Å². The molecule has 0 radical (unpaired) electrons. The van der Waals surface area contributed by atoms with E-state index in [1.54, 1.807) is 0 Å². The number of hydrogen-bond acceptors (Lipinski definition) is 7. The lowest BCUT2D eigenvalue weighted by atomic mass is 9.88. The van der Waals surface area contributed by atoms with Crippen molar-refractivity contribution in [1.29, 1.82) is 0 Å². The zero-order valence-corrected chi connectivity index (χ0v) is 17.1. The zero-order valence-electron chi connectivity index (χ0n) is 17.1. The first-order valence-electron chi connectivity index (χ1n) is 10.3. The molecule has 1 aliphatic carbocycles. The number of likely N-dealkylation sites (N-methyl/N-ethyl adjacent to an activating group) is 1. The normalized spacial score (nSPS) is 28.7. The molecule has 1 heterocycles. The van der Waals surface area contributed by atoms with Gasteiger partial charge < -0.3 is 21.1 Å². The molecule has 29 heavy (non-hydrogen) atoms. The maximum Gasteiger partial charge on any atom is 0.317 e. The standard InChI is InChI=1S/C19H34N4O6/c1-2-23(11-18(28)29)19(7-8-20)12-21(9-16(24)25)14-5-3-4-6-15(14)22(13-19)10-17(26)27/h14-15H,2-13,20H2,1H3,(H,24,25)(H,26,27)(H,28,29). The van der Waals surface area contributed by atoms with Crippen molar-refractivity contribution in [2.75, 3.05) is 45.8 Å². The number of nitrogens with two attached hydrogens (primary N) is 1. The Labute approximate surface area is 171 Å². The van der Waals surface area contributed by atoms with Crippen LogP contribution in [0.5, 0.6) is 0 Å². The molecule has 0 aromatic rings. The van der Waals surface area contributed by atoms with Crippen molar-refractivity contribution in [2.24, 2.45) is 5.73 Å². The van der Waals surface area contributed by atoms with Crippen LogP contribution in [0, 0.1) is 0 Å². The van der Waals surface area contributed by atoms with E-state index >= 15 is 0 Å². The van der Waals surface area contributed by atoms with Gasteiger partial charge in [0.25, 0.3) is 0 Å². The van der Waals surface area contributed by atoms with Gasteiger partial charge >= 0.3 is 17.9 Å². The van der Waals surface area contributed by atoms with Crippen LogP contribution in [-0.4, -0.2) is 111 Å². The third-order valence-corrected chi connectivity index (χ3v) is 6.29. The lowest BCUT2D eigenvalue weighted by molar-refractivity contribution is -0.143. The van der Waals surface area contributed by atoms with Crippen molar-refractivity contribution >= 4 is 17.9 Å². The Bertz CT molecular complexity index is 567. The van der Waals surface area contributed by atoms with Crippen molar-refractivity contribution in [3.8, 4) is 0 Å². The van der Waals surface area contributed by atoms with Gasteiger partial charge in [-0.1, -0.05) is 19.8 Å². The topological polar surface area (TPSA) is 148 Å². The molecular weight excluding hydrogens is 380 g/mol. The minimum absolute atomic E-state index is 0.0672. The molecule has 5 N–H and O–H groups in total. The highest BCUT2D eigenvalue weighted by Crippen LogP contribution is 2.35. The molecule has 0 aromatic heterocycles. The Morgan fingerprint density at radius 3 is 1.79 bits per heavy atom. The van der Waals surface area contributed by atoms with Crippen LogP contribution in [0.1, 0.15) is 39.0 Å². The summed E-state index contributed by atoms with van der Waals surface area (Å²) in [5.74, 6) is -2.85. The maximum atomic E-state index is 11.6. The second kappa shape index (κ2) is 10.3. The molecule has 2 rings (SSSR count). The lowest BCUT2D eigenvalue weighted by Gasteiger charge is -2.46. The maximum absolute atomic E-state index is 11.6. The molecule has 0 aromatic carbocycles. The van der Waals surface area contributed by atoms with E-state index in [4.69, 9.17) is 5.73 Å². The van der Waals surface area contributed by atoms with E-state index in [9.17, 15) is 29.7 Å². The third kappa shape index (κ3) is 5.88. The van der Waals surface area contributed by atoms with E-state index in [1.807, 2.05) is 21.6 Å². The molecule has 10 nitrogen and oxygen atoms in total. The lowest BCUT2D eigenvalue weighted by Crippen LogP contribution is -2.62. The van der Waals surface area contributed by atoms with Gasteiger partial charge in [0, 0.05) is 30.7 Å². The molecule has 2 unspecified atom stereocenters. The van der Waals surface area contributed by atoms with Gasteiger partial charge in [-0.05, 0) is 32.4 Å². The minimum Gasteiger partial charge on any atom is -0.480 e. The predicted octanol–water partition coefficient (Wildman–Crippen LogP) is -0.421. The van der Waals surface area contributed by atoms with E-state index in [-0.39, 0.29) is 31.7 Å². The number of hydrogen-bond donors (Lipinski definition) is 4. The Morgan fingerprint density at radius 1 is 0.966 bits per heavy atom. The van der Waals surface area contributed by atoms with Crippen molar-refractivity contribution < 1.29 is 29.7 Å². The number of aliphatic carboxylic acids is 3. The van der Waals surface area contributed by atoms with E-state index in [0.29, 0.717) is 32.6 Å². The first kappa shape index (κ1) is 23.5. The Kier molecular flexibility index (Phi) is 8.38. The smallest absolute Gasteiger partial charge is 0.317 e. The number of nitrogens with zero attached hydrogens (tertiary/aromatic N) is 3. The van der Waals surface area contributed by atoms with Crippen LogP contribution in [0.2, 0.25) is 0 Å². The average Bonchev–Trinajstić information content (AvgIpc) is 2.75. The molecule has 1 aliphatic heterocycles. The van der Waals surface area contributed by atoms with Gasteiger partial charge in [0.15, 0.2) is 0 Å². The first-order valence-corrected chi connectivity index (χ1v) is 10.3. The fourth-order valence-electron chi connectivity index (χ4n) is 5.24. The summed E-state index contributed by atoms with van der Waals surface area (Å²) >= 11 is 0. The van der Waals surface area contributed by atoms with Crippen molar-refractivity contribution in [3.05, 3.63) is 0 Å². The molecule has 2 aliphatic rings. The second-order valence-electron chi connectivity index (χ2n) is 8.19. The predicted molar refractivity (Wildman–Crippen MR) is 106 cm³/mol. The molecule has 10 heteroatoms. The van der Waals surface area contributed by atoms with E-state index in [1.165, 1.54) is 0 Å². The van der Waals surface area contributed by atoms with Crippen LogP contribution in [0.4, 0.5) is 0 Å².